The van der Waals surface area contributed by atoms with Crippen LogP contribution in [0.2, 0.25) is 0 Å². The highest BCUT2D eigenvalue weighted by Gasteiger charge is 2.09. The Morgan fingerprint density at radius 1 is 0.810 bits per heavy atom. The lowest BCUT2D eigenvalue weighted by atomic mass is 10.1. The third-order valence-electron chi connectivity index (χ3n) is 3.63. The average Bonchev–Trinajstić information content (AvgIpc) is 2.56. The lowest BCUT2D eigenvalue weighted by molar-refractivity contribution is 0.448. The van der Waals surface area contributed by atoms with Crippen LogP contribution in [0.15, 0.2) is 72.8 Å². The highest BCUT2D eigenvalue weighted by molar-refractivity contribution is 5.83. The highest BCUT2D eigenvalue weighted by atomic mass is 15.3. The Kier molecular flexibility index (Phi) is 4.26. The van der Waals surface area contributed by atoms with Crippen molar-refractivity contribution in [2.45, 2.75) is 12.7 Å². The summed E-state index contributed by atoms with van der Waals surface area (Å²) in [5.41, 5.74) is 5.21. The van der Waals surface area contributed by atoms with Crippen molar-refractivity contribution in [3.8, 4) is 0 Å². The fourth-order valence-corrected chi connectivity index (χ4v) is 2.48. The van der Waals surface area contributed by atoms with Crippen LogP contribution in [-0.4, -0.2) is 0 Å². The molecule has 3 aromatic rings. The summed E-state index contributed by atoms with van der Waals surface area (Å²) in [7, 11) is 0. The number of fused-ring (bicyclic) bond motifs is 1. The number of hydrogen-bond acceptors (Lipinski definition) is 3. The summed E-state index contributed by atoms with van der Waals surface area (Å²) in [6.07, 6.45) is -0.0742. The van der Waals surface area contributed by atoms with Crippen LogP contribution in [0.4, 0.5) is 0 Å². The topological polar surface area (TPSA) is 50.1 Å². The van der Waals surface area contributed by atoms with E-state index in [1.807, 2.05) is 30.3 Å². The monoisotopic (exact) mass is 277 g/mol. The van der Waals surface area contributed by atoms with Crippen molar-refractivity contribution in [2.75, 3.05) is 0 Å². The number of hydrogen-bond donors (Lipinski definition) is 3. The third kappa shape index (κ3) is 3.28. The molecule has 0 saturated carbocycles. The van der Waals surface area contributed by atoms with E-state index in [1.54, 1.807) is 0 Å². The minimum Gasteiger partial charge on any atom is -0.293 e. The second-order valence-electron chi connectivity index (χ2n) is 5.07. The van der Waals surface area contributed by atoms with Gasteiger partial charge in [0.05, 0.1) is 6.17 Å². The highest BCUT2D eigenvalue weighted by Crippen LogP contribution is 2.19. The predicted octanol–water partition coefficient (Wildman–Crippen LogP) is 3.09. The summed E-state index contributed by atoms with van der Waals surface area (Å²) in [6.45, 7) is 0.766. The molecule has 0 bridgehead atoms. The van der Waals surface area contributed by atoms with E-state index in [0.717, 1.165) is 12.1 Å². The van der Waals surface area contributed by atoms with Gasteiger partial charge >= 0.3 is 0 Å². The summed E-state index contributed by atoms with van der Waals surface area (Å²) in [6, 6.07) is 25.0. The quantitative estimate of drug-likeness (QED) is 0.381. The second-order valence-corrected chi connectivity index (χ2v) is 5.07. The Morgan fingerprint density at radius 3 is 2.29 bits per heavy atom. The molecule has 0 fully saturated rings. The molecule has 0 heterocycles. The van der Waals surface area contributed by atoms with Gasteiger partial charge in [-0.3, -0.25) is 11.2 Å². The summed E-state index contributed by atoms with van der Waals surface area (Å²) < 4.78 is 0. The molecule has 0 amide bonds. The minimum absolute atomic E-state index is 0.0742. The van der Waals surface area contributed by atoms with Crippen LogP contribution < -0.4 is 16.6 Å². The summed E-state index contributed by atoms with van der Waals surface area (Å²) in [5.74, 6) is 5.70. The van der Waals surface area contributed by atoms with Crippen LogP contribution in [0.5, 0.6) is 0 Å². The van der Waals surface area contributed by atoms with Gasteiger partial charge in [0, 0.05) is 6.54 Å². The van der Waals surface area contributed by atoms with Gasteiger partial charge in [-0.25, -0.2) is 5.43 Å². The fourth-order valence-electron chi connectivity index (χ4n) is 2.48. The van der Waals surface area contributed by atoms with E-state index in [-0.39, 0.29) is 6.17 Å². The smallest absolute Gasteiger partial charge is 0.0963 e. The van der Waals surface area contributed by atoms with Gasteiger partial charge < -0.3 is 0 Å². The van der Waals surface area contributed by atoms with Crippen molar-refractivity contribution < 1.29 is 0 Å². The maximum Gasteiger partial charge on any atom is 0.0963 e. The van der Waals surface area contributed by atoms with Crippen LogP contribution in [0.3, 0.4) is 0 Å². The van der Waals surface area contributed by atoms with E-state index in [1.165, 1.54) is 16.3 Å². The molecule has 0 aliphatic carbocycles. The van der Waals surface area contributed by atoms with Crippen molar-refractivity contribution in [3.63, 3.8) is 0 Å². The molecule has 3 nitrogen and oxygen atoms in total. The zero-order valence-electron chi connectivity index (χ0n) is 11.8. The predicted molar refractivity (Wildman–Crippen MR) is 87.3 cm³/mol. The van der Waals surface area contributed by atoms with Crippen molar-refractivity contribution in [1.82, 2.24) is 10.7 Å². The van der Waals surface area contributed by atoms with E-state index < -0.39 is 0 Å². The average molecular weight is 277 g/mol. The molecular weight excluding hydrogens is 258 g/mol. The molecule has 0 spiro atoms. The standard InChI is InChI=1S/C18H19N3/c19-21-18(20-13-14-6-2-1-3-7-14)17-11-10-15-8-4-5-9-16(15)12-17/h1-12,18,20-21H,13,19H2. The molecular formula is C18H19N3. The van der Waals surface area contributed by atoms with E-state index in [2.05, 4.69) is 53.2 Å². The SMILES string of the molecule is NNC(NCc1ccccc1)c1ccc2ccccc2c1. The summed E-state index contributed by atoms with van der Waals surface area (Å²) in [4.78, 5) is 0. The van der Waals surface area contributed by atoms with E-state index >= 15 is 0 Å². The van der Waals surface area contributed by atoms with Crippen molar-refractivity contribution in [1.29, 1.82) is 0 Å². The third-order valence-corrected chi connectivity index (χ3v) is 3.63. The van der Waals surface area contributed by atoms with Gasteiger partial charge in [0.15, 0.2) is 0 Å². The number of rotatable bonds is 5. The van der Waals surface area contributed by atoms with Crippen molar-refractivity contribution in [2.24, 2.45) is 5.84 Å². The van der Waals surface area contributed by atoms with Crippen molar-refractivity contribution >= 4 is 10.8 Å². The molecule has 0 aliphatic rings. The first-order valence-electron chi connectivity index (χ1n) is 7.09. The van der Waals surface area contributed by atoms with Crippen LogP contribution in [0.25, 0.3) is 10.8 Å². The van der Waals surface area contributed by atoms with Crippen molar-refractivity contribution in [3.05, 3.63) is 83.9 Å². The van der Waals surface area contributed by atoms with Crippen LogP contribution in [0, 0.1) is 0 Å². The molecule has 3 heteroatoms. The second kappa shape index (κ2) is 6.50. The first kappa shape index (κ1) is 13.8. The number of hydrazine groups is 1. The van der Waals surface area contributed by atoms with E-state index in [0.29, 0.717) is 0 Å². The molecule has 0 radical (unpaired) electrons. The largest absolute Gasteiger partial charge is 0.293 e. The Hall–Kier alpha value is -2.20. The Morgan fingerprint density at radius 2 is 1.52 bits per heavy atom. The van der Waals surface area contributed by atoms with Gasteiger partial charge in [0.25, 0.3) is 0 Å². The van der Waals surface area contributed by atoms with Gasteiger partial charge in [0.2, 0.25) is 0 Å². The van der Waals surface area contributed by atoms with E-state index in [9.17, 15) is 0 Å². The maximum atomic E-state index is 5.70. The zero-order chi connectivity index (χ0) is 14.5. The molecule has 3 rings (SSSR count). The fraction of sp³-hybridized carbons (Fsp3) is 0.111. The van der Waals surface area contributed by atoms with Gasteiger partial charge in [-0.05, 0) is 28.0 Å². The van der Waals surface area contributed by atoms with Crippen LogP contribution in [0.1, 0.15) is 17.3 Å². The number of nitrogens with two attached hydrogens (primary N) is 1. The molecule has 0 aliphatic heterocycles. The molecule has 1 unspecified atom stereocenters. The summed E-state index contributed by atoms with van der Waals surface area (Å²) >= 11 is 0. The molecule has 4 N–H and O–H groups in total. The lowest BCUT2D eigenvalue weighted by Gasteiger charge is -2.19. The molecule has 21 heavy (non-hydrogen) atoms. The maximum absolute atomic E-state index is 5.70. The first-order valence-corrected chi connectivity index (χ1v) is 7.09. The Bertz CT molecular complexity index is 710. The van der Waals surface area contributed by atoms with E-state index in [4.69, 9.17) is 5.84 Å². The Balaban J connectivity index is 1.78. The van der Waals surface area contributed by atoms with Gasteiger partial charge in [-0.1, -0.05) is 66.7 Å². The molecule has 1 atom stereocenters. The molecule has 0 aromatic heterocycles. The zero-order valence-corrected chi connectivity index (χ0v) is 11.8. The number of benzene rings is 3. The molecule has 106 valence electrons. The van der Waals surface area contributed by atoms with Gasteiger partial charge in [-0.15, -0.1) is 0 Å². The Labute approximate surface area is 124 Å². The summed E-state index contributed by atoms with van der Waals surface area (Å²) in [5, 5.41) is 5.89. The van der Waals surface area contributed by atoms with Gasteiger partial charge in [0.1, 0.15) is 0 Å². The first-order chi connectivity index (χ1) is 10.4. The minimum atomic E-state index is -0.0742. The molecule has 0 saturated heterocycles. The number of nitrogens with one attached hydrogen (secondary N) is 2. The normalized spacial score (nSPS) is 12.4. The molecule has 3 aromatic carbocycles. The van der Waals surface area contributed by atoms with Gasteiger partial charge in [-0.2, -0.15) is 0 Å². The van der Waals surface area contributed by atoms with Crippen LogP contribution in [-0.2, 0) is 6.54 Å². The van der Waals surface area contributed by atoms with Crippen LogP contribution >= 0.6 is 0 Å². The lowest BCUT2D eigenvalue weighted by Crippen LogP contribution is -2.38.